The monoisotopic (exact) mass is 287 g/mol. The van der Waals surface area contributed by atoms with E-state index in [1.165, 1.54) is 11.0 Å². The molecule has 2 aliphatic heterocycles. The summed E-state index contributed by atoms with van der Waals surface area (Å²) in [5.74, 6) is -0.510. The molecule has 0 spiro atoms. The lowest BCUT2D eigenvalue weighted by molar-refractivity contribution is -0.125. The molecule has 21 heavy (non-hydrogen) atoms. The molecule has 0 saturated carbocycles. The number of carbonyl (C=O) groups is 2. The first-order valence-electron chi connectivity index (χ1n) is 6.51. The number of nitrogens with one attached hydrogen (secondary N) is 1. The average molecular weight is 287 g/mol. The Morgan fingerprint density at radius 1 is 1.62 bits per heavy atom. The zero-order chi connectivity index (χ0) is 15.2. The molecule has 2 amide bonds. The van der Waals surface area contributed by atoms with Crippen LogP contribution in [0.4, 0.5) is 0 Å². The van der Waals surface area contributed by atoms with Gasteiger partial charge in [-0.3, -0.25) is 19.6 Å². The van der Waals surface area contributed by atoms with Gasteiger partial charge in [-0.05, 0) is 12.5 Å². The predicted octanol–water partition coefficient (Wildman–Crippen LogP) is 0.248. The Bertz CT molecular complexity index is 574. The van der Waals surface area contributed by atoms with Crippen molar-refractivity contribution in [2.24, 2.45) is 10.1 Å². The number of aliphatic imine (C=N–C) groups is 1. The lowest BCUT2D eigenvalue weighted by Crippen LogP contribution is -2.35. The molecule has 0 radical (unpaired) electrons. The third kappa shape index (κ3) is 3.65. The Balaban J connectivity index is 2.12. The molecule has 2 heterocycles. The fourth-order valence-corrected chi connectivity index (χ4v) is 1.86. The van der Waals surface area contributed by atoms with E-state index in [0.29, 0.717) is 0 Å². The number of allylic oxidation sites excluding steroid dienone is 3. The van der Waals surface area contributed by atoms with Crippen LogP contribution >= 0.6 is 0 Å². The van der Waals surface area contributed by atoms with Crippen molar-refractivity contribution in [3.63, 3.8) is 0 Å². The van der Waals surface area contributed by atoms with E-state index in [2.05, 4.69) is 22.0 Å². The second-order valence-corrected chi connectivity index (χ2v) is 4.50. The Labute approximate surface area is 123 Å². The van der Waals surface area contributed by atoms with E-state index >= 15 is 0 Å². The molecule has 0 aromatic carbocycles. The van der Waals surface area contributed by atoms with Gasteiger partial charge >= 0.3 is 0 Å². The molecule has 1 N–H and O–H groups in total. The van der Waals surface area contributed by atoms with Gasteiger partial charge in [0, 0.05) is 13.2 Å². The topological polar surface area (TPSA) is 77.4 Å². The third-order valence-electron chi connectivity index (χ3n) is 2.99. The van der Waals surface area contributed by atoms with Gasteiger partial charge in [0.2, 0.25) is 5.91 Å². The second kappa shape index (κ2) is 6.65. The number of hydrogen-bond donors (Lipinski definition) is 1. The van der Waals surface area contributed by atoms with Crippen LogP contribution in [0.1, 0.15) is 6.42 Å². The molecule has 0 aromatic heterocycles. The summed E-state index contributed by atoms with van der Waals surface area (Å²) in [6.07, 6.45) is 9.37. The van der Waals surface area contributed by atoms with Crippen molar-refractivity contribution in [3.05, 3.63) is 36.7 Å². The van der Waals surface area contributed by atoms with Crippen LogP contribution in [0.25, 0.3) is 0 Å². The molecule has 0 aromatic rings. The zero-order valence-electron chi connectivity index (χ0n) is 11.8. The lowest BCUT2D eigenvalue weighted by Gasteiger charge is -2.17. The number of hydrogen-bond acceptors (Lipinski definition) is 5. The van der Waals surface area contributed by atoms with Gasteiger partial charge < -0.3 is 10.2 Å². The Hall–Kier alpha value is -2.70. The summed E-state index contributed by atoms with van der Waals surface area (Å²) in [5, 5.41) is 8.39. The summed E-state index contributed by atoms with van der Waals surface area (Å²) >= 11 is 0. The third-order valence-corrected chi connectivity index (χ3v) is 2.99. The van der Waals surface area contributed by atoms with Crippen LogP contribution in [0.3, 0.4) is 0 Å². The van der Waals surface area contributed by atoms with Crippen LogP contribution in [0.15, 0.2) is 46.8 Å². The predicted molar refractivity (Wildman–Crippen MR) is 80.4 cm³/mol. The molecule has 2 rings (SSSR count). The number of nitrogens with zero attached hydrogens (tertiary/aromatic N) is 4. The number of hydrazone groups is 1. The van der Waals surface area contributed by atoms with Crippen molar-refractivity contribution < 1.29 is 9.59 Å². The normalized spacial score (nSPS) is 18.1. The van der Waals surface area contributed by atoms with Crippen molar-refractivity contribution >= 4 is 23.7 Å². The molecule has 1 fully saturated rings. The minimum Gasteiger partial charge on any atom is -0.337 e. The molecule has 1 saturated heterocycles. The highest BCUT2D eigenvalue weighted by molar-refractivity contribution is 6.43. The molecule has 0 bridgehead atoms. The van der Waals surface area contributed by atoms with E-state index in [0.717, 1.165) is 12.1 Å². The van der Waals surface area contributed by atoms with Gasteiger partial charge in [0.15, 0.2) is 0 Å². The fourth-order valence-electron chi connectivity index (χ4n) is 1.86. The highest BCUT2D eigenvalue weighted by Crippen LogP contribution is 2.07. The molecule has 2 aliphatic rings. The Kier molecular flexibility index (Phi) is 4.65. The van der Waals surface area contributed by atoms with Crippen molar-refractivity contribution in [1.82, 2.24) is 15.2 Å². The largest absolute Gasteiger partial charge is 0.337 e. The maximum atomic E-state index is 12.2. The van der Waals surface area contributed by atoms with Crippen LogP contribution in [0, 0.1) is 0 Å². The molecule has 110 valence electrons. The summed E-state index contributed by atoms with van der Waals surface area (Å²) in [5.41, 5.74) is 0.961. The molecular weight excluding hydrogens is 270 g/mol. The fraction of sp³-hybridized carbons (Fsp3) is 0.286. The van der Waals surface area contributed by atoms with E-state index in [-0.39, 0.29) is 30.7 Å². The zero-order valence-corrected chi connectivity index (χ0v) is 11.8. The van der Waals surface area contributed by atoms with Crippen molar-refractivity contribution in [1.29, 1.82) is 0 Å². The van der Waals surface area contributed by atoms with Crippen LogP contribution in [-0.2, 0) is 9.59 Å². The van der Waals surface area contributed by atoms with E-state index in [9.17, 15) is 9.59 Å². The van der Waals surface area contributed by atoms with Crippen molar-refractivity contribution in [2.75, 3.05) is 20.3 Å². The first-order chi connectivity index (χ1) is 10.1. The lowest BCUT2D eigenvalue weighted by atomic mass is 10.3. The second-order valence-electron chi connectivity index (χ2n) is 4.50. The van der Waals surface area contributed by atoms with Gasteiger partial charge in [0.05, 0.1) is 18.6 Å². The number of rotatable bonds is 4. The molecule has 0 unspecified atom stereocenters. The smallest absolute Gasteiger partial charge is 0.276 e. The minimum atomic E-state index is -0.334. The van der Waals surface area contributed by atoms with Crippen LogP contribution in [0.5, 0.6) is 0 Å². The van der Waals surface area contributed by atoms with Gasteiger partial charge in [-0.2, -0.15) is 5.10 Å². The van der Waals surface area contributed by atoms with Gasteiger partial charge in [-0.15, -0.1) is 0 Å². The first kappa shape index (κ1) is 14.7. The SMILES string of the molecule is C=C/C(=N\N(C)C1=CCC=CN=C1)C(=O)N1CNC(=O)C1. The molecule has 7 nitrogen and oxygen atoms in total. The summed E-state index contributed by atoms with van der Waals surface area (Å²) < 4.78 is 0. The Morgan fingerprint density at radius 2 is 2.43 bits per heavy atom. The van der Waals surface area contributed by atoms with Gasteiger partial charge in [0.25, 0.3) is 5.91 Å². The summed E-state index contributed by atoms with van der Waals surface area (Å²) in [4.78, 5) is 28.9. The molecule has 7 heteroatoms. The standard InChI is InChI=1S/C14H17N5O2/c1-3-12(14(21)19-9-13(20)16-10-19)17-18(2)11-6-4-5-7-15-8-11/h3,5-8H,1,4,9-10H2,2H3,(H,16,20)/b17-12+. The average Bonchev–Trinajstić information content (AvgIpc) is 2.75. The minimum absolute atomic E-state index is 0.0451. The summed E-state index contributed by atoms with van der Waals surface area (Å²) in [6, 6.07) is 0. The molecule has 0 aliphatic carbocycles. The van der Waals surface area contributed by atoms with Gasteiger partial charge in [-0.25, -0.2) is 0 Å². The Morgan fingerprint density at radius 3 is 3.10 bits per heavy atom. The van der Waals surface area contributed by atoms with E-state index in [1.807, 2.05) is 12.2 Å². The van der Waals surface area contributed by atoms with Crippen molar-refractivity contribution in [2.45, 2.75) is 6.42 Å². The maximum absolute atomic E-state index is 12.2. The van der Waals surface area contributed by atoms with E-state index in [4.69, 9.17) is 0 Å². The first-order valence-corrected chi connectivity index (χ1v) is 6.51. The molecule has 0 atom stereocenters. The van der Waals surface area contributed by atoms with E-state index < -0.39 is 0 Å². The highest BCUT2D eigenvalue weighted by Gasteiger charge is 2.26. The maximum Gasteiger partial charge on any atom is 0.276 e. The van der Waals surface area contributed by atoms with Crippen LogP contribution in [-0.4, -0.2) is 53.9 Å². The van der Waals surface area contributed by atoms with Crippen molar-refractivity contribution in [3.8, 4) is 0 Å². The highest BCUT2D eigenvalue weighted by atomic mass is 16.2. The molecular formula is C14H17N5O2. The van der Waals surface area contributed by atoms with Gasteiger partial charge in [0.1, 0.15) is 12.3 Å². The van der Waals surface area contributed by atoms with E-state index in [1.54, 1.807) is 24.5 Å². The number of carbonyl (C=O) groups excluding carboxylic acids is 2. The summed E-state index contributed by atoms with van der Waals surface area (Å²) in [7, 11) is 1.73. The van der Waals surface area contributed by atoms with Crippen LogP contribution < -0.4 is 5.32 Å². The van der Waals surface area contributed by atoms with Crippen LogP contribution in [0.2, 0.25) is 0 Å². The summed E-state index contributed by atoms with van der Waals surface area (Å²) in [6.45, 7) is 3.86. The quantitative estimate of drug-likeness (QED) is 0.594. The number of amides is 2. The van der Waals surface area contributed by atoms with Gasteiger partial charge in [-0.1, -0.05) is 18.7 Å².